The first-order valence-corrected chi connectivity index (χ1v) is 9.52. The predicted octanol–water partition coefficient (Wildman–Crippen LogP) is 1.28. The van der Waals surface area contributed by atoms with Crippen LogP contribution < -0.4 is 0 Å². The zero-order valence-corrected chi connectivity index (χ0v) is 15.7. The van der Waals surface area contributed by atoms with Crippen LogP contribution in [0.4, 0.5) is 0 Å². The number of benzene rings is 1. The van der Waals surface area contributed by atoms with Crippen molar-refractivity contribution >= 4 is 0 Å². The van der Waals surface area contributed by atoms with E-state index in [1.165, 1.54) is 5.56 Å². The molecule has 0 unspecified atom stereocenters. The van der Waals surface area contributed by atoms with Gasteiger partial charge in [-0.3, -0.25) is 14.7 Å². The summed E-state index contributed by atoms with van der Waals surface area (Å²) in [4.78, 5) is 7.30. The van der Waals surface area contributed by atoms with E-state index in [1.807, 2.05) is 0 Å². The van der Waals surface area contributed by atoms with E-state index in [9.17, 15) is 5.11 Å². The number of ether oxygens (including phenoxy) is 1. The minimum Gasteiger partial charge on any atom is -0.390 e. The van der Waals surface area contributed by atoms with Crippen molar-refractivity contribution in [3.63, 3.8) is 0 Å². The third kappa shape index (κ3) is 5.50. The normalized spacial score (nSPS) is 24.3. The van der Waals surface area contributed by atoms with E-state index >= 15 is 0 Å². The second-order valence-corrected chi connectivity index (χ2v) is 8.02. The number of aliphatic hydroxyl groups is 1. The Morgan fingerprint density at radius 3 is 2.36 bits per heavy atom. The van der Waals surface area contributed by atoms with Crippen LogP contribution in [0.25, 0.3) is 0 Å². The Kier molecular flexibility index (Phi) is 6.47. The Balaban J connectivity index is 1.47. The van der Waals surface area contributed by atoms with Crippen molar-refractivity contribution in [3.05, 3.63) is 35.9 Å². The quantitative estimate of drug-likeness (QED) is 0.839. The minimum atomic E-state index is -0.283. The van der Waals surface area contributed by atoms with Crippen LogP contribution in [0, 0.1) is 0 Å². The number of nitrogens with zero attached hydrogens (tertiary/aromatic N) is 3. The second-order valence-electron chi connectivity index (χ2n) is 8.02. The fourth-order valence-electron chi connectivity index (χ4n) is 3.98. The average Bonchev–Trinajstić information content (AvgIpc) is 2.59. The molecule has 5 nitrogen and oxygen atoms in total. The van der Waals surface area contributed by atoms with Crippen LogP contribution in [0.3, 0.4) is 0 Å². The van der Waals surface area contributed by atoms with Crippen LogP contribution in [0.15, 0.2) is 30.3 Å². The maximum atomic E-state index is 10.5. The molecule has 3 rings (SSSR count). The van der Waals surface area contributed by atoms with E-state index in [0.29, 0.717) is 0 Å². The fraction of sp³-hybridized carbons (Fsp3) is 0.700. The summed E-state index contributed by atoms with van der Waals surface area (Å²) in [6.45, 7) is 13.7. The highest BCUT2D eigenvalue weighted by molar-refractivity contribution is 5.15. The standard InChI is InChI=1S/C20H33N3O2/c1-20(2)17-22(16-19(24)15-21-10-12-25-13-11-21)8-9-23(20)14-18-6-4-3-5-7-18/h3-7,19,24H,8-17H2,1-2H3/t19-/m0/s1. The van der Waals surface area contributed by atoms with Gasteiger partial charge in [0.25, 0.3) is 0 Å². The van der Waals surface area contributed by atoms with Crippen molar-refractivity contribution < 1.29 is 9.84 Å². The molecule has 0 aromatic heterocycles. The lowest BCUT2D eigenvalue weighted by Gasteiger charge is -2.48. The number of β-amino-alcohol motifs (C(OH)–C–C–N with tert-alkyl or cyclic N) is 1. The number of morpholine rings is 1. The summed E-state index contributed by atoms with van der Waals surface area (Å²) >= 11 is 0. The molecule has 1 aromatic rings. The molecule has 2 saturated heterocycles. The Hall–Kier alpha value is -0.980. The van der Waals surface area contributed by atoms with Gasteiger partial charge in [0.15, 0.2) is 0 Å². The third-order valence-electron chi connectivity index (χ3n) is 5.41. The van der Waals surface area contributed by atoms with Crippen molar-refractivity contribution in [2.75, 3.05) is 59.0 Å². The second kappa shape index (κ2) is 8.60. The van der Waals surface area contributed by atoms with Crippen molar-refractivity contribution in [1.29, 1.82) is 0 Å². The van der Waals surface area contributed by atoms with E-state index < -0.39 is 0 Å². The van der Waals surface area contributed by atoms with Crippen LogP contribution >= 0.6 is 0 Å². The molecule has 5 heteroatoms. The van der Waals surface area contributed by atoms with Crippen molar-refractivity contribution in [2.45, 2.75) is 32.0 Å². The molecule has 1 N–H and O–H groups in total. The van der Waals surface area contributed by atoms with Gasteiger partial charge in [-0.1, -0.05) is 30.3 Å². The molecule has 0 bridgehead atoms. The molecule has 1 atom stereocenters. The van der Waals surface area contributed by atoms with E-state index in [-0.39, 0.29) is 11.6 Å². The average molecular weight is 348 g/mol. The van der Waals surface area contributed by atoms with Gasteiger partial charge >= 0.3 is 0 Å². The molecule has 0 saturated carbocycles. The van der Waals surface area contributed by atoms with E-state index in [0.717, 1.165) is 65.6 Å². The van der Waals surface area contributed by atoms with Crippen LogP contribution in [-0.2, 0) is 11.3 Å². The maximum absolute atomic E-state index is 10.5. The summed E-state index contributed by atoms with van der Waals surface area (Å²) in [6, 6.07) is 10.7. The summed E-state index contributed by atoms with van der Waals surface area (Å²) in [6.07, 6.45) is -0.283. The molecular formula is C20H33N3O2. The first-order valence-electron chi connectivity index (χ1n) is 9.52. The van der Waals surface area contributed by atoms with Gasteiger partial charge in [-0.15, -0.1) is 0 Å². The fourth-order valence-corrected chi connectivity index (χ4v) is 3.98. The summed E-state index contributed by atoms with van der Waals surface area (Å²) < 4.78 is 5.38. The summed E-state index contributed by atoms with van der Waals surface area (Å²) in [5, 5.41) is 10.5. The molecular weight excluding hydrogens is 314 g/mol. The van der Waals surface area contributed by atoms with Crippen LogP contribution in [0.5, 0.6) is 0 Å². The molecule has 0 radical (unpaired) electrons. The highest BCUT2D eigenvalue weighted by Crippen LogP contribution is 2.23. The van der Waals surface area contributed by atoms with Gasteiger partial charge in [-0.25, -0.2) is 0 Å². The molecule has 0 spiro atoms. The highest BCUT2D eigenvalue weighted by atomic mass is 16.5. The molecule has 140 valence electrons. The summed E-state index contributed by atoms with van der Waals surface area (Å²) in [5.74, 6) is 0. The third-order valence-corrected chi connectivity index (χ3v) is 5.41. The van der Waals surface area contributed by atoms with Crippen LogP contribution in [-0.4, -0.2) is 90.5 Å². The number of hydrogen-bond donors (Lipinski definition) is 1. The van der Waals surface area contributed by atoms with Gasteiger partial charge in [-0.2, -0.15) is 0 Å². The van der Waals surface area contributed by atoms with Gasteiger partial charge in [0, 0.05) is 57.9 Å². The number of hydrogen-bond acceptors (Lipinski definition) is 5. The van der Waals surface area contributed by atoms with Crippen molar-refractivity contribution in [2.24, 2.45) is 0 Å². The lowest BCUT2D eigenvalue weighted by atomic mass is 9.97. The topological polar surface area (TPSA) is 39.2 Å². The van der Waals surface area contributed by atoms with E-state index in [4.69, 9.17) is 4.74 Å². The highest BCUT2D eigenvalue weighted by Gasteiger charge is 2.34. The molecule has 2 fully saturated rings. The van der Waals surface area contributed by atoms with Crippen molar-refractivity contribution in [3.8, 4) is 0 Å². The first kappa shape index (κ1) is 18.8. The zero-order valence-electron chi connectivity index (χ0n) is 15.7. The smallest absolute Gasteiger partial charge is 0.0793 e. The van der Waals surface area contributed by atoms with E-state index in [1.54, 1.807) is 0 Å². The lowest BCUT2D eigenvalue weighted by molar-refractivity contribution is -0.0216. The molecule has 2 heterocycles. The first-order chi connectivity index (χ1) is 12.0. The van der Waals surface area contributed by atoms with Gasteiger partial charge in [0.1, 0.15) is 0 Å². The molecule has 2 aliphatic heterocycles. The SMILES string of the molecule is CC1(C)CN(C[C@@H](O)CN2CCOCC2)CCN1Cc1ccccc1. The minimum absolute atomic E-state index is 0.118. The Morgan fingerprint density at radius 2 is 1.68 bits per heavy atom. The zero-order chi connectivity index (χ0) is 17.7. The molecule has 25 heavy (non-hydrogen) atoms. The van der Waals surface area contributed by atoms with Gasteiger partial charge in [0.05, 0.1) is 19.3 Å². The van der Waals surface area contributed by atoms with Crippen molar-refractivity contribution in [1.82, 2.24) is 14.7 Å². The molecule has 1 aromatic carbocycles. The Labute approximate surface area is 152 Å². The number of piperazine rings is 1. The predicted molar refractivity (Wildman–Crippen MR) is 101 cm³/mol. The summed E-state index contributed by atoms with van der Waals surface area (Å²) in [5.41, 5.74) is 1.49. The summed E-state index contributed by atoms with van der Waals surface area (Å²) in [7, 11) is 0. The van der Waals surface area contributed by atoms with E-state index in [2.05, 4.69) is 58.9 Å². The van der Waals surface area contributed by atoms with Gasteiger partial charge in [-0.05, 0) is 19.4 Å². The monoisotopic (exact) mass is 347 g/mol. The largest absolute Gasteiger partial charge is 0.390 e. The number of aliphatic hydroxyl groups excluding tert-OH is 1. The number of rotatable bonds is 6. The molecule has 2 aliphatic rings. The maximum Gasteiger partial charge on any atom is 0.0793 e. The lowest BCUT2D eigenvalue weighted by Crippen LogP contribution is -2.60. The van der Waals surface area contributed by atoms with Crippen LogP contribution in [0.2, 0.25) is 0 Å². The van der Waals surface area contributed by atoms with Gasteiger partial charge in [0.2, 0.25) is 0 Å². The molecule has 0 aliphatic carbocycles. The Bertz CT molecular complexity index is 517. The molecule has 0 amide bonds. The van der Waals surface area contributed by atoms with Gasteiger partial charge < -0.3 is 9.84 Å². The Morgan fingerprint density at radius 1 is 1.00 bits per heavy atom. The van der Waals surface area contributed by atoms with Crippen LogP contribution in [0.1, 0.15) is 19.4 Å².